The molecule has 3 aliphatic rings. The van der Waals surface area contributed by atoms with Gasteiger partial charge in [-0.2, -0.15) is 0 Å². The van der Waals surface area contributed by atoms with Crippen LogP contribution in [0.1, 0.15) is 12.8 Å². The van der Waals surface area contributed by atoms with E-state index in [0.717, 1.165) is 0 Å². The van der Waals surface area contributed by atoms with Crippen LogP contribution < -0.4 is 0 Å². The summed E-state index contributed by atoms with van der Waals surface area (Å²) in [6.45, 7) is 0. The highest BCUT2D eigenvalue weighted by atomic mass is 16.4. The van der Waals surface area contributed by atoms with Crippen molar-refractivity contribution in [3.63, 3.8) is 0 Å². The van der Waals surface area contributed by atoms with Crippen molar-refractivity contribution in [2.24, 2.45) is 23.2 Å². The van der Waals surface area contributed by atoms with Crippen LogP contribution in [0.25, 0.3) is 0 Å². The minimum absolute atomic E-state index is 0.185. The number of allylic oxidation sites excluding steroid dienone is 1. The maximum atomic E-state index is 11.3. The SMILES string of the molecule is O=C(O)[C@H]1[C@@H](C(=O)O)[C@@]2(C(=O)O)C=C[C@H]1CC2. The zero-order valence-electron chi connectivity index (χ0n) is 8.87. The fourth-order valence-electron chi connectivity index (χ4n) is 3.02. The maximum Gasteiger partial charge on any atom is 0.314 e. The molecular formula is C11H12O6. The Labute approximate surface area is 96.6 Å². The molecule has 3 N–H and O–H groups in total. The van der Waals surface area contributed by atoms with Crippen molar-refractivity contribution in [3.05, 3.63) is 12.2 Å². The van der Waals surface area contributed by atoms with E-state index >= 15 is 0 Å². The molecule has 0 spiro atoms. The molecule has 4 atom stereocenters. The highest BCUT2D eigenvalue weighted by Gasteiger charge is 2.60. The number of fused-ring (bicyclic) bond motifs is 2. The van der Waals surface area contributed by atoms with Gasteiger partial charge in [-0.15, -0.1) is 0 Å². The van der Waals surface area contributed by atoms with Gasteiger partial charge in [0.25, 0.3) is 0 Å². The van der Waals surface area contributed by atoms with E-state index in [1.165, 1.54) is 12.2 Å². The zero-order chi connectivity index (χ0) is 12.8. The Morgan fingerprint density at radius 3 is 2.12 bits per heavy atom. The van der Waals surface area contributed by atoms with Gasteiger partial charge in [0.2, 0.25) is 0 Å². The molecule has 0 aromatic rings. The van der Waals surface area contributed by atoms with Crippen LogP contribution in [-0.2, 0) is 14.4 Å². The Hall–Kier alpha value is -1.85. The van der Waals surface area contributed by atoms with Crippen molar-refractivity contribution in [3.8, 4) is 0 Å². The van der Waals surface area contributed by atoms with E-state index in [1.54, 1.807) is 0 Å². The summed E-state index contributed by atoms with van der Waals surface area (Å²) in [6.07, 6.45) is 3.49. The number of aliphatic carboxylic acids is 3. The first-order valence-corrected chi connectivity index (χ1v) is 5.28. The van der Waals surface area contributed by atoms with E-state index in [0.29, 0.717) is 6.42 Å². The lowest BCUT2D eigenvalue weighted by Crippen LogP contribution is -2.55. The molecule has 3 rings (SSSR count). The lowest BCUT2D eigenvalue weighted by Gasteiger charge is -2.46. The molecule has 2 bridgehead atoms. The van der Waals surface area contributed by atoms with Gasteiger partial charge in [0.15, 0.2) is 0 Å². The molecule has 1 fully saturated rings. The quantitative estimate of drug-likeness (QED) is 0.617. The molecule has 92 valence electrons. The van der Waals surface area contributed by atoms with E-state index in [2.05, 4.69) is 0 Å². The molecule has 1 saturated carbocycles. The molecule has 0 aliphatic heterocycles. The first kappa shape index (κ1) is 11.6. The van der Waals surface area contributed by atoms with Gasteiger partial charge in [0.1, 0.15) is 0 Å². The predicted octanol–water partition coefficient (Wildman–Crippen LogP) is 0.439. The molecule has 0 saturated heterocycles. The third kappa shape index (κ3) is 1.44. The van der Waals surface area contributed by atoms with Crippen molar-refractivity contribution in [2.45, 2.75) is 12.8 Å². The number of carboxylic acid groups (broad SMARTS) is 3. The number of hydrogen-bond acceptors (Lipinski definition) is 3. The molecule has 0 aromatic carbocycles. The normalized spacial score (nSPS) is 38.9. The standard InChI is InChI=1S/C11H12O6/c12-8(13)6-5-1-3-11(4-2-5,10(16)17)7(6)9(14)15/h1,3,5-7H,2,4H2,(H,12,13)(H,14,15)(H,16,17)/t5-,6+,7-,11+/m0/s1. The van der Waals surface area contributed by atoms with Crippen LogP contribution in [0.3, 0.4) is 0 Å². The van der Waals surface area contributed by atoms with Crippen molar-refractivity contribution >= 4 is 17.9 Å². The summed E-state index contributed by atoms with van der Waals surface area (Å²) in [5.74, 6) is -6.77. The van der Waals surface area contributed by atoms with E-state index in [9.17, 15) is 19.5 Å². The average Bonchev–Trinajstić information content (AvgIpc) is 2.28. The Bertz CT molecular complexity index is 426. The minimum Gasteiger partial charge on any atom is -0.481 e. The van der Waals surface area contributed by atoms with Crippen molar-refractivity contribution in [2.75, 3.05) is 0 Å². The van der Waals surface area contributed by atoms with Crippen LogP contribution in [-0.4, -0.2) is 33.2 Å². The van der Waals surface area contributed by atoms with Gasteiger partial charge in [-0.1, -0.05) is 12.2 Å². The summed E-state index contributed by atoms with van der Waals surface area (Å²) >= 11 is 0. The molecule has 0 aromatic heterocycles. The number of rotatable bonds is 3. The second-order valence-electron chi connectivity index (χ2n) is 4.59. The fraction of sp³-hybridized carbons (Fsp3) is 0.545. The van der Waals surface area contributed by atoms with Gasteiger partial charge in [0, 0.05) is 0 Å². The Kier molecular flexibility index (Phi) is 2.45. The predicted molar refractivity (Wildman–Crippen MR) is 54.2 cm³/mol. The second kappa shape index (κ2) is 3.58. The van der Waals surface area contributed by atoms with E-state index < -0.39 is 35.2 Å². The smallest absolute Gasteiger partial charge is 0.314 e. The molecule has 17 heavy (non-hydrogen) atoms. The number of carboxylic acids is 3. The van der Waals surface area contributed by atoms with Crippen molar-refractivity contribution in [1.82, 2.24) is 0 Å². The Morgan fingerprint density at radius 1 is 1.12 bits per heavy atom. The monoisotopic (exact) mass is 240 g/mol. The number of carbonyl (C=O) groups is 3. The van der Waals surface area contributed by atoms with Gasteiger partial charge < -0.3 is 15.3 Å². The molecule has 3 aliphatic carbocycles. The van der Waals surface area contributed by atoms with Crippen molar-refractivity contribution < 1.29 is 29.7 Å². The maximum absolute atomic E-state index is 11.3. The van der Waals surface area contributed by atoms with E-state index in [4.69, 9.17) is 10.2 Å². The molecule has 6 nitrogen and oxygen atoms in total. The molecule has 0 amide bonds. The summed E-state index contributed by atoms with van der Waals surface area (Å²) in [6, 6.07) is 0. The fourth-order valence-corrected chi connectivity index (χ4v) is 3.02. The van der Waals surface area contributed by atoms with Crippen molar-refractivity contribution in [1.29, 1.82) is 0 Å². The third-order valence-electron chi connectivity index (χ3n) is 3.86. The van der Waals surface area contributed by atoms with Gasteiger partial charge in [-0.3, -0.25) is 14.4 Å². The molecule has 0 unspecified atom stereocenters. The van der Waals surface area contributed by atoms with Crippen LogP contribution in [0, 0.1) is 23.2 Å². The summed E-state index contributed by atoms with van der Waals surface area (Å²) in [7, 11) is 0. The highest BCUT2D eigenvalue weighted by molar-refractivity contribution is 5.90. The minimum atomic E-state index is -1.57. The Morgan fingerprint density at radius 2 is 1.76 bits per heavy atom. The van der Waals surface area contributed by atoms with Crippen LogP contribution in [0.2, 0.25) is 0 Å². The molecular weight excluding hydrogens is 228 g/mol. The van der Waals surface area contributed by atoms with Gasteiger partial charge >= 0.3 is 17.9 Å². The largest absolute Gasteiger partial charge is 0.481 e. The van der Waals surface area contributed by atoms with Gasteiger partial charge in [-0.25, -0.2) is 0 Å². The summed E-state index contributed by atoms with van der Waals surface area (Å²) in [5, 5.41) is 27.4. The van der Waals surface area contributed by atoms with Gasteiger partial charge in [-0.05, 0) is 18.8 Å². The third-order valence-corrected chi connectivity index (χ3v) is 3.86. The molecule has 6 heteroatoms. The zero-order valence-corrected chi connectivity index (χ0v) is 8.87. The van der Waals surface area contributed by atoms with E-state index in [1.807, 2.05) is 0 Å². The summed E-state index contributed by atoms with van der Waals surface area (Å²) in [4.78, 5) is 33.6. The van der Waals surface area contributed by atoms with Crippen LogP contribution in [0.4, 0.5) is 0 Å². The van der Waals surface area contributed by atoms with Crippen LogP contribution in [0.5, 0.6) is 0 Å². The first-order chi connectivity index (χ1) is 7.90. The first-order valence-electron chi connectivity index (χ1n) is 5.28. The Balaban J connectivity index is 2.55. The topological polar surface area (TPSA) is 112 Å². The summed E-state index contributed by atoms with van der Waals surface area (Å²) in [5.41, 5.74) is -1.57. The highest BCUT2D eigenvalue weighted by Crippen LogP contribution is 2.53. The van der Waals surface area contributed by atoms with E-state index in [-0.39, 0.29) is 12.3 Å². The molecule has 0 radical (unpaired) electrons. The van der Waals surface area contributed by atoms with Crippen LogP contribution >= 0.6 is 0 Å². The lowest BCUT2D eigenvalue weighted by atomic mass is 9.54. The average molecular weight is 240 g/mol. The van der Waals surface area contributed by atoms with Gasteiger partial charge in [0.05, 0.1) is 17.3 Å². The lowest BCUT2D eigenvalue weighted by molar-refractivity contribution is -0.174. The second-order valence-corrected chi connectivity index (χ2v) is 4.59. The van der Waals surface area contributed by atoms with Crippen LogP contribution in [0.15, 0.2) is 12.2 Å². The summed E-state index contributed by atoms with van der Waals surface area (Å²) < 4.78 is 0. The number of hydrogen-bond donors (Lipinski definition) is 3. The molecule has 0 heterocycles.